The van der Waals surface area contributed by atoms with Crippen molar-refractivity contribution in [2.24, 2.45) is 0 Å². The zero-order valence-corrected chi connectivity index (χ0v) is 18.6. The Balaban J connectivity index is 1.34. The number of hydrogen-bond donors (Lipinski definition) is 1. The van der Waals surface area contributed by atoms with Gasteiger partial charge in [0.2, 0.25) is 0 Å². The van der Waals surface area contributed by atoms with Crippen LogP contribution in [0.25, 0.3) is 0 Å². The van der Waals surface area contributed by atoms with Gasteiger partial charge in [0.05, 0.1) is 10.6 Å². The number of benzene rings is 1. The number of morpholine rings is 1. The van der Waals surface area contributed by atoms with Crippen molar-refractivity contribution in [2.75, 3.05) is 33.2 Å². The van der Waals surface area contributed by atoms with Gasteiger partial charge >= 0.3 is 0 Å². The van der Waals surface area contributed by atoms with Crippen molar-refractivity contribution in [1.29, 1.82) is 0 Å². The summed E-state index contributed by atoms with van der Waals surface area (Å²) in [5.41, 5.74) is 0.885. The Bertz CT molecular complexity index is 940. The quantitative estimate of drug-likeness (QED) is 0.780. The van der Waals surface area contributed by atoms with Crippen molar-refractivity contribution < 1.29 is 18.7 Å². The van der Waals surface area contributed by atoms with E-state index >= 15 is 0 Å². The van der Waals surface area contributed by atoms with E-state index in [1.165, 1.54) is 23.5 Å². The fourth-order valence-electron chi connectivity index (χ4n) is 4.27. The first-order valence-corrected chi connectivity index (χ1v) is 11.3. The van der Waals surface area contributed by atoms with Crippen LogP contribution in [0.3, 0.4) is 0 Å². The SMILES string of the molecule is Cc1nc(C(=O)N2CCC3(CC2)CN(C)C[C@H](C(=O)NCc2ccc(F)cc2)O3)cs1. The van der Waals surface area contributed by atoms with Gasteiger partial charge in [0, 0.05) is 38.1 Å². The summed E-state index contributed by atoms with van der Waals surface area (Å²) in [4.78, 5) is 33.7. The summed E-state index contributed by atoms with van der Waals surface area (Å²) >= 11 is 1.47. The molecule has 166 valence electrons. The standard InChI is InChI=1S/C22H27FN4O3S/c1-15-25-18(13-31-15)21(29)27-9-7-22(8-10-27)14-26(2)12-19(30-22)20(28)24-11-16-3-5-17(23)6-4-16/h3-6,13,19H,7-12,14H2,1-2H3,(H,24,28)/t19-/m1/s1. The molecule has 2 aliphatic rings. The van der Waals surface area contributed by atoms with Gasteiger partial charge in [0.1, 0.15) is 17.6 Å². The normalized spacial score (nSPS) is 21.3. The Kier molecular flexibility index (Phi) is 6.36. The summed E-state index contributed by atoms with van der Waals surface area (Å²) in [6.07, 6.45) is 0.768. The molecule has 0 aliphatic carbocycles. The zero-order valence-electron chi connectivity index (χ0n) is 17.8. The molecule has 7 nitrogen and oxygen atoms in total. The van der Waals surface area contributed by atoms with E-state index in [0.717, 1.165) is 17.1 Å². The summed E-state index contributed by atoms with van der Waals surface area (Å²) in [5.74, 6) is -0.521. The van der Waals surface area contributed by atoms with E-state index in [1.54, 1.807) is 17.5 Å². The van der Waals surface area contributed by atoms with E-state index in [1.807, 2.05) is 18.9 Å². The van der Waals surface area contributed by atoms with Gasteiger partial charge in [0.25, 0.3) is 11.8 Å². The number of carbonyl (C=O) groups is 2. The number of carbonyl (C=O) groups excluding carboxylic acids is 2. The first kappa shape index (κ1) is 21.9. The average molecular weight is 447 g/mol. The number of halogens is 1. The van der Waals surface area contributed by atoms with Gasteiger partial charge in [-0.1, -0.05) is 12.1 Å². The lowest BCUT2D eigenvalue weighted by molar-refractivity contribution is -0.180. The number of nitrogens with one attached hydrogen (secondary N) is 1. The van der Waals surface area contributed by atoms with Crippen LogP contribution < -0.4 is 5.32 Å². The predicted octanol–water partition coefficient (Wildman–Crippen LogP) is 2.21. The highest BCUT2D eigenvalue weighted by atomic mass is 32.1. The lowest BCUT2D eigenvalue weighted by Gasteiger charge is -2.48. The molecule has 4 rings (SSSR count). The maximum Gasteiger partial charge on any atom is 0.273 e. The number of hydrogen-bond acceptors (Lipinski definition) is 6. The number of piperidine rings is 1. The molecule has 0 radical (unpaired) electrons. The number of nitrogens with zero attached hydrogens (tertiary/aromatic N) is 3. The van der Waals surface area contributed by atoms with Gasteiger partial charge in [-0.15, -0.1) is 11.3 Å². The first-order valence-electron chi connectivity index (χ1n) is 10.4. The maximum atomic E-state index is 13.1. The molecule has 2 amide bonds. The number of aryl methyl sites for hydroxylation is 1. The fourth-order valence-corrected chi connectivity index (χ4v) is 4.86. The lowest BCUT2D eigenvalue weighted by atomic mass is 9.88. The smallest absolute Gasteiger partial charge is 0.273 e. The Hall–Kier alpha value is -2.36. The number of aromatic nitrogens is 1. The number of thiazole rings is 1. The third kappa shape index (κ3) is 5.11. The maximum absolute atomic E-state index is 13.1. The second-order valence-corrected chi connectivity index (χ2v) is 9.44. The molecule has 2 aromatic rings. The number of likely N-dealkylation sites (tertiary alicyclic amines) is 1. The highest BCUT2D eigenvalue weighted by Crippen LogP contribution is 2.32. The second kappa shape index (κ2) is 9.02. The molecular formula is C22H27FN4O3S. The van der Waals surface area contributed by atoms with Crippen molar-refractivity contribution in [3.63, 3.8) is 0 Å². The van der Waals surface area contributed by atoms with Crippen molar-refractivity contribution >= 4 is 23.2 Å². The molecule has 1 N–H and O–H groups in total. The Morgan fingerprint density at radius 2 is 2.00 bits per heavy atom. The van der Waals surface area contributed by atoms with Crippen LogP contribution in [0.4, 0.5) is 4.39 Å². The molecule has 2 saturated heterocycles. The van der Waals surface area contributed by atoms with Crippen LogP contribution in [0, 0.1) is 12.7 Å². The molecule has 3 heterocycles. The minimum atomic E-state index is -0.581. The minimum Gasteiger partial charge on any atom is -0.359 e. The number of likely N-dealkylation sites (N-methyl/N-ethyl adjacent to an activating group) is 1. The van der Waals surface area contributed by atoms with Crippen LogP contribution in [0.1, 0.15) is 33.9 Å². The van der Waals surface area contributed by atoms with Gasteiger partial charge in [-0.3, -0.25) is 9.59 Å². The largest absolute Gasteiger partial charge is 0.359 e. The highest BCUT2D eigenvalue weighted by Gasteiger charge is 2.44. The van der Waals surface area contributed by atoms with Crippen molar-refractivity contribution in [1.82, 2.24) is 20.1 Å². The Morgan fingerprint density at radius 3 is 2.65 bits per heavy atom. The van der Waals surface area contributed by atoms with E-state index in [-0.39, 0.29) is 17.6 Å². The van der Waals surface area contributed by atoms with Crippen LogP contribution in [0.5, 0.6) is 0 Å². The minimum absolute atomic E-state index is 0.0445. The van der Waals surface area contributed by atoms with Crippen LogP contribution in [-0.4, -0.2) is 71.5 Å². The highest BCUT2D eigenvalue weighted by molar-refractivity contribution is 7.09. The predicted molar refractivity (Wildman–Crippen MR) is 115 cm³/mol. The van der Waals surface area contributed by atoms with Crippen molar-refractivity contribution in [2.45, 2.75) is 38.0 Å². The van der Waals surface area contributed by atoms with Crippen molar-refractivity contribution in [3.05, 3.63) is 51.7 Å². The van der Waals surface area contributed by atoms with Crippen LogP contribution >= 0.6 is 11.3 Å². The number of rotatable bonds is 4. The monoisotopic (exact) mass is 446 g/mol. The molecule has 0 bridgehead atoms. The molecule has 31 heavy (non-hydrogen) atoms. The molecule has 1 spiro atoms. The summed E-state index contributed by atoms with van der Waals surface area (Å²) in [7, 11) is 1.99. The Morgan fingerprint density at radius 1 is 1.29 bits per heavy atom. The molecular weight excluding hydrogens is 419 g/mol. The number of amides is 2. The first-order chi connectivity index (χ1) is 14.8. The third-order valence-electron chi connectivity index (χ3n) is 5.90. The second-order valence-electron chi connectivity index (χ2n) is 8.37. The van der Waals surface area contributed by atoms with Crippen LogP contribution in [0.15, 0.2) is 29.6 Å². The summed E-state index contributed by atoms with van der Waals surface area (Å²) in [6, 6.07) is 6.07. The number of ether oxygens (including phenoxy) is 1. The van der Waals surface area contributed by atoms with Gasteiger partial charge in [-0.25, -0.2) is 9.37 Å². The fraction of sp³-hybridized carbons (Fsp3) is 0.500. The topological polar surface area (TPSA) is 74.8 Å². The van der Waals surface area contributed by atoms with Gasteiger partial charge in [-0.05, 0) is 44.5 Å². The molecule has 0 unspecified atom stereocenters. The Labute approximate surface area is 185 Å². The molecule has 2 aliphatic heterocycles. The third-order valence-corrected chi connectivity index (χ3v) is 6.67. The molecule has 9 heteroatoms. The lowest BCUT2D eigenvalue weighted by Crippen LogP contribution is -2.61. The summed E-state index contributed by atoms with van der Waals surface area (Å²) < 4.78 is 19.4. The van der Waals surface area contributed by atoms with E-state index in [9.17, 15) is 14.0 Å². The molecule has 1 aromatic heterocycles. The molecule has 1 aromatic carbocycles. The molecule has 1 atom stereocenters. The van der Waals surface area contributed by atoms with Crippen LogP contribution in [0.2, 0.25) is 0 Å². The van der Waals surface area contributed by atoms with Crippen LogP contribution in [-0.2, 0) is 16.1 Å². The summed E-state index contributed by atoms with van der Waals surface area (Å²) in [6.45, 7) is 4.61. The van der Waals surface area contributed by atoms with E-state index in [0.29, 0.717) is 44.7 Å². The van der Waals surface area contributed by atoms with E-state index in [2.05, 4.69) is 15.2 Å². The molecule has 2 fully saturated rings. The van der Waals surface area contributed by atoms with E-state index < -0.39 is 11.7 Å². The zero-order chi connectivity index (χ0) is 22.0. The van der Waals surface area contributed by atoms with Crippen molar-refractivity contribution in [3.8, 4) is 0 Å². The van der Waals surface area contributed by atoms with Gasteiger partial charge in [0.15, 0.2) is 0 Å². The van der Waals surface area contributed by atoms with E-state index in [4.69, 9.17) is 4.74 Å². The van der Waals surface area contributed by atoms with Gasteiger partial charge < -0.3 is 19.9 Å². The summed E-state index contributed by atoms with van der Waals surface area (Å²) in [5, 5.41) is 5.58. The van der Waals surface area contributed by atoms with Gasteiger partial charge in [-0.2, -0.15) is 0 Å². The molecule has 0 saturated carbocycles. The average Bonchev–Trinajstić information content (AvgIpc) is 3.19.